The van der Waals surface area contributed by atoms with E-state index < -0.39 is 38.6 Å². The number of benzene rings is 2. The molecule has 0 aromatic heterocycles. The number of nitro groups is 2. The summed E-state index contributed by atoms with van der Waals surface area (Å²) in [6.45, 7) is 1.64. The van der Waals surface area contributed by atoms with Crippen molar-refractivity contribution in [2.75, 3.05) is 5.32 Å². The van der Waals surface area contributed by atoms with E-state index in [-0.39, 0.29) is 12.1 Å². The van der Waals surface area contributed by atoms with Gasteiger partial charge in [0.25, 0.3) is 11.4 Å². The van der Waals surface area contributed by atoms with Crippen LogP contribution in [0.4, 0.5) is 35.9 Å². The minimum Gasteiger partial charge on any atom is -0.344 e. The van der Waals surface area contributed by atoms with Gasteiger partial charge in [0.05, 0.1) is 15.4 Å². The molecule has 1 N–H and O–H groups in total. The molecule has 2 rings (SSSR count). The number of alkyl halides is 3. The van der Waals surface area contributed by atoms with E-state index in [1.807, 2.05) is 0 Å². The number of anilines is 2. The molecule has 126 valence electrons. The summed E-state index contributed by atoms with van der Waals surface area (Å²) in [5.41, 5.74) is -3.20. The van der Waals surface area contributed by atoms with Crippen LogP contribution >= 0.6 is 0 Å². The van der Waals surface area contributed by atoms with E-state index in [0.29, 0.717) is 11.3 Å². The lowest BCUT2D eigenvalue weighted by molar-refractivity contribution is -0.392. The number of para-hydroxylation sites is 1. The Morgan fingerprint density at radius 3 is 1.92 bits per heavy atom. The normalized spacial score (nSPS) is 11.2. The van der Waals surface area contributed by atoms with Gasteiger partial charge in [0, 0.05) is 17.8 Å². The van der Waals surface area contributed by atoms with Crippen molar-refractivity contribution < 1.29 is 23.0 Å². The van der Waals surface area contributed by atoms with E-state index in [1.54, 1.807) is 25.1 Å². The monoisotopic (exact) mass is 341 g/mol. The second-order valence-electron chi connectivity index (χ2n) is 4.84. The summed E-state index contributed by atoms with van der Waals surface area (Å²) in [5.74, 6) is 0. The molecule has 0 saturated carbocycles. The first-order valence-corrected chi connectivity index (χ1v) is 6.48. The zero-order valence-electron chi connectivity index (χ0n) is 12.1. The van der Waals surface area contributed by atoms with Crippen LogP contribution in [0.1, 0.15) is 11.1 Å². The lowest BCUT2D eigenvalue weighted by atomic mass is 10.1. The highest BCUT2D eigenvalue weighted by Crippen LogP contribution is 2.42. The first kappa shape index (κ1) is 17.2. The standard InChI is InChI=1S/C14H10F3N3O4/c1-8-4-2-3-5-10(8)18-13-11(19(21)22)6-9(14(15,16)17)7-12(13)20(23)24/h2-7,18H,1H3. The van der Waals surface area contributed by atoms with Crippen LogP contribution in [0.5, 0.6) is 0 Å². The first-order chi connectivity index (χ1) is 11.1. The lowest BCUT2D eigenvalue weighted by Gasteiger charge is -2.12. The molecule has 0 fully saturated rings. The maximum absolute atomic E-state index is 12.8. The Balaban J connectivity index is 2.71. The first-order valence-electron chi connectivity index (χ1n) is 6.48. The molecule has 0 amide bonds. The quantitative estimate of drug-likeness (QED) is 0.648. The van der Waals surface area contributed by atoms with E-state index in [9.17, 15) is 33.4 Å². The molecule has 0 aliphatic carbocycles. The highest BCUT2D eigenvalue weighted by atomic mass is 19.4. The zero-order chi connectivity index (χ0) is 18.1. The maximum atomic E-state index is 12.8. The smallest absolute Gasteiger partial charge is 0.344 e. The number of nitrogens with one attached hydrogen (secondary N) is 1. The Bertz CT molecular complexity index is 786. The summed E-state index contributed by atoms with van der Waals surface area (Å²) in [6.07, 6.45) is -4.95. The van der Waals surface area contributed by atoms with Gasteiger partial charge in [-0.05, 0) is 18.6 Å². The minimum absolute atomic E-state index is 0.271. The third-order valence-electron chi connectivity index (χ3n) is 3.22. The molecular formula is C14H10F3N3O4. The minimum atomic E-state index is -4.95. The molecule has 2 aromatic rings. The molecule has 0 unspecified atom stereocenters. The predicted octanol–water partition coefficient (Wildman–Crippen LogP) is 4.57. The summed E-state index contributed by atoms with van der Waals surface area (Å²) in [6, 6.07) is 6.94. The number of nitro benzene ring substituents is 2. The highest BCUT2D eigenvalue weighted by molar-refractivity contribution is 5.80. The number of rotatable bonds is 4. The van der Waals surface area contributed by atoms with Gasteiger partial charge in [-0.1, -0.05) is 18.2 Å². The third-order valence-corrected chi connectivity index (χ3v) is 3.22. The van der Waals surface area contributed by atoms with Crippen LogP contribution < -0.4 is 5.32 Å². The molecular weight excluding hydrogens is 331 g/mol. The van der Waals surface area contributed by atoms with Gasteiger partial charge in [0.15, 0.2) is 5.69 Å². The molecule has 10 heteroatoms. The molecule has 0 spiro atoms. The SMILES string of the molecule is Cc1ccccc1Nc1c([N+](=O)[O-])cc(C(F)(F)F)cc1[N+](=O)[O-]. The van der Waals surface area contributed by atoms with Gasteiger partial charge in [-0.25, -0.2) is 0 Å². The Morgan fingerprint density at radius 1 is 1.00 bits per heavy atom. The van der Waals surface area contributed by atoms with Crippen molar-refractivity contribution in [2.24, 2.45) is 0 Å². The van der Waals surface area contributed by atoms with Gasteiger partial charge in [-0.15, -0.1) is 0 Å². The van der Waals surface area contributed by atoms with Crippen molar-refractivity contribution in [3.8, 4) is 0 Å². The molecule has 24 heavy (non-hydrogen) atoms. The average Bonchev–Trinajstić information content (AvgIpc) is 2.47. The average molecular weight is 341 g/mol. The number of hydrogen-bond donors (Lipinski definition) is 1. The van der Waals surface area contributed by atoms with E-state index in [2.05, 4.69) is 5.32 Å². The van der Waals surface area contributed by atoms with Crippen LogP contribution in [0.2, 0.25) is 0 Å². The highest BCUT2D eigenvalue weighted by Gasteiger charge is 2.37. The molecule has 0 atom stereocenters. The maximum Gasteiger partial charge on any atom is 0.416 e. The van der Waals surface area contributed by atoms with Crippen molar-refractivity contribution in [1.82, 2.24) is 0 Å². The fraction of sp³-hybridized carbons (Fsp3) is 0.143. The fourth-order valence-electron chi connectivity index (χ4n) is 2.04. The van der Waals surface area contributed by atoms with E-state index in [1.165, 1.54) is 6.07 Å². The van der Waals surface area contributed by atoms with Crippen molar-refractivity contribution in [1.29, 1.82) is 0 Å². The van der Waals surface area contributed by atoms with Gasteiger partial charge in [-0.3, -0.25) is 20.2 Å². The molecule has 7 nitrogen and oxygen atoms in total. The lowest BCUT2D eigenvalue weighted by Crippen LogP contribution is -2.09. The van der Waals surface area contributed by atoms with Crippen LogP contribution in [-0.2, 0) is 6.18 Å². The number of nitrogens with zero attached hydrogens (tertiary/aromatic N) is 2. The van der Waals surface area contributed by atoms with Gasteiger partial charge < -0.3 is 5.32 Å². The van der Waals surface area contributed by atoms with Crippen molar-refractivity contribution in [3.05, 3.63) is 67.8 Å². The Kier molecular flexibility index (Phi) is 4.40. The molecule has 0 radical (unpaired) electrons. The van der Waals surface area contributed by atoms with Gasteiger partial charge in [0.2, 0.25) is 0 Å². The molecule has 0 aliphatic rings. The second kappa shape index (κ2) is 6.14. The molecule has 0 saturated heterocycles. The number of hydrogen-bond acceptors (Lipinski definition) is 5. The van der Waals surface area contributed by atoms with Gasteiger partial charge in [-0.2, -0.15) is 13.2 Å². The summed E-state index contributed by atoms with van der Waals surface area (Å²) in [5, 5.41) is 24.8. The van der Waals surface area contributed by atoms with Crippen LogP contribution in [-0.4, -0.2) is 9.85 Å². The molecule has 0 heterocycles. The van der Waals surface area contributed by atoms with Crippen molar-refractivity contribution in [2.45, 2.75) is 13.1 Å². The Morgan fingerprint density at radius 2 is 1.50 bits per heavy atom. The second-order valence-corrected chi connectivity index (χ2v) is 4.84. The summed E-state index contributed by atoms with van der Waals surface area (Å²) >= 11 is 0. The number of aryl methyl sites for hydroxylation is 1. The predicted molar refractivity (Wildman–Crippen MR) is 79.2 cm³/mol. The van der Waals surface area contributed by atoms with Crippen LogP contribution in [0.15, 0.2) is 36.4 Å². The van der Waals surface area contributed by atoms with E-state index >= 15 is 0 Å². The van der Waals surface area contributed by atoms with Crippen LogP contribution in [0.25, 0.3) is 0 Å². The molecule has 2 aromatic carbocycles. The topological polar surface area (TPSA) is 98.3 Å². The summed E-state index contributed by atoms with van der Waals surface area (Å²) < 4.78 is 38.5. The Hall–Kier alpha value is -3.17. The summed E-state index contributed by atoms with van der Waals surface area (Å²) in [4.78, 5) is 20.1. The number of halogens is 3. The zero-order valence-corrected chi connectivity index (χ0v) is 12.1. The fourth-order valence-corrected chi connectivity index (χ4v) is 2.04. The van der Waals surface area contributed by atoms with Crippen LogP contribution in [0, 0.1) is 27.2 Å². The van der Waals surface area contributed by atoms with Crippen molar-refractivity contribution >= 4 is 22.7 Å². The van der Waals surface area contributed by atoms with E-state index in [4.69, 9.17) is 0 Å². The summed E-state index contributed by atoms with van der Waals surface area (Å²) in [7, 11) is 0. The largest absolute Gasteiger partial charge is 0.416 e. The van der Waals surface area contributed by atoms with Gasteiger partial charge >= 0.3 is 6.18 Å². The van der Waals surface area contributed by atoms with Gasteiger partial charge in [0.1, 0.15) is 0 Å². The Labute approximate surface area is 133 Å². The van der Waals surface area contributed by atoms with Crippen LogP contribution in [0.3, 0.4) is 0 Å². The van der Waals surface area contributed by atoms with E-state index in [0.717, 1.165) is 0 Å². The molecule has 0 aliphatic heterocycles. The van der Waals surface area contributed by atoms with Crippen molar-refractivity contribution in [3.63, 3.8) is 0 Å². The molecule has 0 bridgehead atoms. The third kappa shape index (κ3) is 3.42.